The summed E-state index contributed by atoms with van der Waals surface area (Å²) in [5.74, 6) is 0. The molecule has 1 aliphatic rings. The smallest absolute Gasteiger partial charge is 0.319 e. The molecule has 0 aromatic heterocycles. The Morgan fingerprint density at radius 2 is 2.11 bits per heavy atom. The molecule has 1 aromatic carbocycles. The van der Waals surface area contributed by atoms with Gasteiger partial charge in [-0.25, -0.2) is 4.79 Å². The molecule has 0 heterocycles. The third-order valence-electron chi connectivity index (χ3n) is 3.54. The lowest BCUT2D eigenvalue weighted by atomic mass is 10.0. The topological polar surface area (TPSA) is 61.4 Å². The van der Waals surface area contributed by atoms with Crippen LogP contribution in [-0.2, 0) is 0 Å². The van der Waals surface area contributed by atoms with Crippen LogP contribution in [0.25, 0.3) is 0 Å². The zero-order valence-electron chi connectivity index (χ0n) is 11.0. The number of halogens is 1. The summed E-state index contributed by atoms with van der Waals surface area (Å²) in [4.78, 5) is 11.7. The summed E-state index contributed by atoms with van der Waals surface area (Å²) in [5, 5.41) is 16.2. The van der Waals surface area contributed by atoms with Crippen molar-refractivity contribution in [2.24, 2.45) is 0 Å². The molecule has 2 amide bonds. The number of rotatable bonds is 3. The van der Waals surface area contributed by atoms with E-state index in [1.807, 2.05) is 13.0 Å². The number of benzene rings is 1. The predicted octanol–water partition coefficient (Wildman–Crippen LogP) is 3.08. The van der Waals surface area contributed by atoms with Crippen LogP contribution in [0.2, 0.25) is 5.02 Å². The van der Waals surface area contributed by atoms with Crippen LogP contribution in [0.1, 0.15) is 31.2 Å². The van der Waals surface area contributed by atoms with Crippen LogP contribution in [0.3, 0.4) is 0 Å². The Morgan fingerprint density at radius 3 is 2.74 bits per heavy atom. The van der Waals surface area contributed by atoms with Crippen LogP contribution >= 0.6 is 11.6 Å². The molecule has 1 aliphatic carbocycles. The standard InChI is InChI=1S/C14H19ClN2O2/c1-10-4-5-11(8-12(10)15)17-13(18)16-9-14(19)6-2-3-7-14/h4-5,8,19H,2-3,6-7,9H2,1H3,(H2,16,17,18). The van der Waals surface area contributed by atoms with Crippen LogP contribution in [0, 0.1) is 6.92 Å². The second-order valence-corrected chi connectivity index (χ2v) is 5.61. The number of hydrogen-bond acceptors (Lipinski definition) is 2. The van der Waals surface area contributed by atoms with Gasteiger partial charge in [0, 0.05) is 17.3 Å². The molecule has 0 bridgehead atoms. The first-order chi connectivity index (χ1) is 8.98. The summed E-state index contributed by atoms with van der Waals surface area (Å²) >= 11 is 5.99. The Bertz CT molecular complexity index is 471. The first-order valence-corrected chi connectivity index (χ1v) is 6.90. The summed E-state index contributed by atoms with van der Waals surface area (Å²) in [7, 11) is 0. The Balaban J connectivity index is 1.85. The molecule has 0 unspecified atom stereocenters. The van der Waals surface area contributed by atoms with Crippen molar-refractivity contribution in [3.05, 3.63) is 28.8 Å². The average molecular weight is 283 g/mol. The predicted molar refractivity (Wildman–Crippen MR) is 76.6 cm³/mol. The number of aryl methyl sites for hydroxylation is 1. The molecule has 104 valence electrons. The van der Waals surface area contributed by atoms with Crippen molar-refractivity contribution in [2.75, 3.05) is 11.9 Å². The zero-order chi connectivity index (χ0) is 13.9. The Morgan fingerprint density at radius 1 is 1.42 bits per heavy atom. The summed E-state index contributed by atoms with van der Waals surface area (Å²) in [6.07, 6.45) is 3.55. The van der Waals surface area contributed by atoms with Gasteiger partial charge in [0.1, 0.15) is 0 Å². The number of urea groups is 1. The lowest BCUT2D eigenvalue weighted by Gasteiger charge is -2.22. The van der Waals surface area contributed by atoms with Crippen molar-refractivity contribution in [1.82, 2.24) is 5.32 Å². The van der Waals surface area contributed by atoms with Gasteiger partial charge in [-0.05, 0) is 37.5 Å². The van der Waals surface area contributed by atoms with Crippen LogP contribution in [0.15, 0.2) is 18.2 Å². The first-order valence-electron chi connectivity index (χ1n) is 6.52. The minimum absolute atomic E-state index is 0.290. The number of carbonyl (C=O) groups excluding carboxylic acids is 1. The molecule has 0 spiro atoms. The van der Waals surface area contributed by atoms with E-state index in [9.17, 15) is 9.90 Å². The monoisotopic (exact) mass is 282 g/mol. The van der Waals surface area contributed by atoms with Crippen molar-refractivity contribution >= 4 is 23.3 Å². The molecule has 0 radical (unpaired) electrons. The maximum absolute atomic E-state index is 11.7. The number of nitrogens with one attached hydrogen (secondary N) is 2. The van der Waals surface area contributed by atoms with E-state index in [0.29, 0.717) is 17.3 Å². The first kappa shape index (κ1) is 14.2. The highest BCUT2D eigenvalue weighted by molar-refractivity contribution is 6.31. The highest BCUT2D eigenvalue weighted by atomic mass is 35.5. The molecule has 0 aliphatic heterocycles. The van der Waals surface area contributed by atoms with Crippen molar-refractivity contribution in [3.8, 4) is 0 Å². The largest absolute Gasteiger partial charge is 0.388 e. The highest BCUT2D eigenvalue weighted by Gasteiger charge is 2.31. The van der Waals surface area contributed by atoms with Gasteiger partial charge in [0.2, 0.25) is 0 Å². The van der Waals surface area contributed by atoms with E-state index >= 15 is 0 Å². The quantitative estimate of drug-likeness (QED) is 0.798. The minimum Gasteiger partial charge on any atom is -0.388 e. The lowest BCUT2D eigenvalue weighted by Crippen LogP contribution is -2.42. The molecule has 5 heteroatoms. The average Bonchev–Trinajstić information content (AvgIpc) is 2.79. The molecule has 4 nitrogen and oxygen atoms in total. The van der Waals surface area contributed by atoms with Gasteiger partial charge < -0.3 is 15.7 Å². The molecular formula is C14H19ClN2O2. The van der Waals surface area contributed by atoms with Gasteiger partial charge in [-0.1, -0.05) is 30.5 Å². The molecule has 1 fully saturated rings. The van der Waals surface area contributed by atoms with Crippen LogP contribution in [0.4, 0.5) is 10.5 Å². The third kappa shape index (κ3) is 3.85. The molecule has 3 N–H and O–H groups in total. The van der Waals surface area contributed by atoms with Gasteiger partial charge >= 0.3 is 6.03 Å². The van der Waals surface area contributed by atoms with Crippen LogP contribution in [-0.4, -0.2) is 23.3 Å². The summed E-state index contributed by atoms with van der Waals surface area (Å²) in [5.41, 5.74) is 0.877. The Hall–Kier alpha value is -1.26. The molecular weight excluding hydrogens is 264 g/mol. The van der Waals surface area contributed by atoms with E-state index in [0.717, 1.165) is 31.2 Å². The van der Waals surface area contributed by atoms with Gasteiger partial charge in [0.05, 0.1) is 5.60 Å². The second-order valence-electron chi connectivity index (χ2n) is 5.20. The fraction of sp³-hybridized carbons (Fsp3) is 0.500. The number of hydrogen-bond donors (Lipinski definition) is 3. The van der Waals surface area contributed by atoms with Crippen LogP contribution in [0.5, 0.6) is 0 Å². The summed E-state index contributed by atoms with van der Waals surface area (Å²) in [6.45, 7) is 2.19. The van der Waals surface area contributed by atoms with E-state index in [1.165, 1.54) is 0 Å². The molecule has 1 saturated carbocycles. The van der Waals surface area contributed by atoms with E-state index in [2.05, 4.69) is 10.6 Å². The number of aliphatic hydroxyl groups is 1. The molecule has 2 rings (SSSR count). The van der Waals surface area contributed by atoms with E-state index in [1.54, 1.807) is 12.1 Å². The molecule has 19 heavy (non-hydrogen) atoms. The maximum Gasteiger partial charge on any atom is 0.319 e. The van der Waals surface area contributed by atoms with E-state index in [-0.39, 0.29) is 6.03 Å². The van der Waals surface area contributed by atoms with Gasteiger partial charge in [0.15, 0.2) is 0 Å². The maximum atomic E-state index is 11.7. The minimum atomic E-state index is -0.734. The second kappa shape index (κ2) is 5.80. The van der Waals surface area contributed by atoms with Gasteiger partial charge in [-0.15, -0.1) is 0 Å². The molecule has 0 atom stereocenters. The van der Waals surface area contributed by atoms with Crippen LogP contribution < -0.4 is 10.6 Å². The SMILES string of the molecule is Cc1ccc(NC(=O)NCC2(O)CCCC2)cc1Cl. The van der Waals surface area contributed by atoms with E-state index < -0.39 is 5.60 Å². The number of amides is 2. The summed E-state index contributed by atoms with van der Waals surface area (Å²) < 4.78 is 0. The number of carbonyl (C=O) groups is 1. The van der Waals surface area contributed by atoms with Gasteiger partial charge in [-0.2, -0.15) is 0 Å². The molecule has 0 saturated heterocycles. The summed E-state index contributed by atoms with van der Waals surface area (Å²) in [6, 6.07) is 5.04. The highest BCUT2D eigenvalue weighted by Crippen LogP contribution is 2.28. The van der Waals surface area contributed by atoms with Crippen molar-refractivity contribution in [1.29, 1.82) is 0 Å². The third-order valence-corrected chi connectivity index (χ3v) is 3.95. The zero-order valence-corrected chi connectivity index (χ0v) is 11.8. The van der Waals surface area contributed by atoms with Crippen molar-refractivity contribution < 1.29 is 9.90 Å². The molecule has 1 aromatic rings. The normalized spacial score (nSPS) is 17.2. The lowest BCUT2D eigenvalue weighted by molar-refractivity contribution is 0.0506. The van der Waals surface area contributed by atoms with Gasteiger partial charge in [0.25, 0.3) is 0 Å². The fourth-order valence-electron chi connectivity index (χ4n) is 2.30. The van der Waals surface area contributed by atoms with E-state index in [4.69, 9.17) is 11.6 Å². The fourth-order valence-corrected chi connectivity index (χ4v) is 2.48. The van der Waals surface area contributed by atoms with Crippen molar-refractivity contribution in [3.63, 3.8) is 0 Å². The van der Waals surface area contributed by atoms with Gasteiger partial charge in [-0.3, -0.25) is 0 Å². The Labute approximate surface area is 118 Å². The number of anilines is 1. The Kier molecular flexibility index (Phi) is 4.32. The van der Waals surface area contributed by atoms with Crippen molar-refractivity contribution in [2.45, 2.75) is 38.2 Å².